The third kappa shape index (κ3) is 8.20. The summed E-state index contributed by atoms with van der Waals surface area (Å²) in [5.41, 5.74) is 3.29. The molecule has 7 heteroatoms. The van der Waals surface area contributed by atoms with E-state index in [9.17, 15) is 4.79 Å². The summed E-state index contributed by atoms with van der Waals surface area (Å²) in [6, 6.07) is 13.9. The normalized spacial score (nSPS) is 11.1. The number of carbonyl (C=O) groups excluding carboxylic acids is 1. The van der Waals surface area contributed by atoms with E-state index in [1.807, 2.05) is 24.3 Å². The highest BCUT2D eigenvalue weighted by atomic mass is 16.5. The Balaban J connectivity index is 1.90. The SMILES string of the molecule is CCCOc1cc(C)ccc1CNC(=NC)NCc1cccc(OCC(=O)N(C)C)c1. The molecule has 0 aliphatic heterocycles. The van der Waals surface area contributed by atoms with Gasteiger partial charge in [0.05, 0.1) is 6.61 Å². The molecule has 31 heavy (non-hydrogen) atoms. The van der Waals surface area contributed by atoms with Gasteiger partial charge in [0.15, 0.2) is 12.6 Å². The Kier molecular flexibility index (Phi) is 9.68. The molecule has 7 nitrogen and oxygen atoms in total. The number of aliphatic imine (C=N–C) groups is 1. The molecule has 0 aliphatic rings. The molecule has 0 unspecified atom stereocenters. The highest BCUT2D eigenvalue weighted by Gasteiger charge is 2.07. The van der Waals surface area contributed by atoms with Crippen LogP contribution in [0.3, 0.4) is 0 Å². The van der Waals surface area contributed by atoms with Crippen molar-refractivity contribution in [2.75, 3.05) is 34.4 Å². The Morgan fingerprint density at radius 3 is 2.55 bits per heavy atom. The summed E-state index contributed by atoms with van der Waals surface area (Å²) in [4.78, 5) is 17.5. The first-order chi connectivity index (χ1) is 14.9. The molecule has 168 valence electrons. The Morgan fingerprint density at radius 2 is 1.84 bits per heavy atom. The lowest BCUT2D eigenvalue weighted by atomic mass is 10.1. The minimum absolute atomic E-state index is 0.0199. The van der Waals surface area contributed by atoms with Gasteiger partial charge in [-0.2, -0.15) is 0 Å². The van der Waals surface area contributed by atoms with E-state index in [1.54, 1.807) is 21.1 Å². The fraction of sp³-hybridized carbons (Fsp3) is 0.417. The average molecular weight is 427 g/mol. The molecule has 0 saturated heterocycles. The maximum absolute atomic E-state index is 11.7. The topological polar surface area (TPSA) is 75.2 Å². The van der Waals surface area contributed by atoms with E-state index >= 15 is 0 Å². The maximum Gasteiger partial charge on any atom is 0.259 e. The van der Waals surface area contributed by atoms with Crippen molar-refractivity contribution in [1.82, 2.24) is 15.5 Å². The minimum Gasteiger partial charge on any atom is -0.493 e. The van der Waals surface area contributed by atoms with Crippen LogP contribution in [0.25, 0.3) is 0 Å². The molecule has 0 aliphatic carbocycles. The Morgan fingerprint density at radius 1 is 1.06 bits per heavy atom. The van der Waals surface area contributed by atoms with E-state index in [1.165, 1.54) is 10.5 Å². The number of rotatable bonds is 10. The number of carbonyl (C=O) groups is 1. The van der Waals surface area contributed by atoms with Gasteiger partial charge >= 0.3 is 0 Å². The van der Waals surface area contributed by atoms with Crippen LogP contribution in [0.15, 0.2) is 47.5 Å². The second-order valence-electron chi connectivity index (χ2n) is 7.46. The quantitative estimate of drug-likeness (QED) is 0.451. The van der Waals surface area contributed by atoms with Crippen LogP contribution in [0.1, 0.15) is 30.0 Å². The molecule has 0 spiro atoms. The van der Waals surface area contributed by atoms with Crippen LogP contribution < -0.4 is 20.1 Å². The van der Waals surface area contributed by atoms with Crippen LogP contribution in [0.5, 0.6) is 11.5 Å². The number of nitrogens with one attached hydrogen (secondary N) is 2. The van der Waals surface area contributed by atoms with E-state index < -0.39 is 0 Å². The maximum atomic E-state index is 11.7. The van der Waals surface area contributed by atoms with Gasteiger partial charge in [0.2, 0.25) is 0 Å². The highest BCUT2D eigenvalue weighted by molar-refractivity contribution is 5.79. The van der Waals surface area contributed by atoms with E-state index in [-0.39, 0.29) is 12.5 Å². The van der Waals surface area contributed by atoms with E-state index in [4.69, 9.17) is 9.47 Å². The van der Waals surface area contributed by atoms with E-state index in [2.05, 4.69) is 47.7 Å². The predicted octanol–water partition coefficient (Wildman–Crippen LogP) is 3.12. The fourth-order valence-corrected chi connectivity index (χ4v) is 2.76. The van der Waals surface area contributed by atoms with Gasteiger partial charge in [-0.1, -0.05) is 31.2 Å². The van der Waals surface area contributed by atoms with Gasteiger partial charge in [0.25, 0.3) is 5.91 Å². The Bertz CT molecular complexity index is 881. The Labute approximate surface area is 185 Å². The van der Waals surface area contributed by atoms with Crippen molar-refractivity contribution in [3.05, 3.63) is 59.2 Å². The molecule has 2 N–H and O–H groups in total. The molecule has 2 aromatic rings. The van der Waals surface area contributed by atoms with Gasteiger partial charge in [-0.05, 0) is 42.7 Å². The first-order valence-electron chi connectivity index (χ1n) is 10.5. The van der Waals surface area contributed by atoms with Gasteiger partial charge in [0.1, 0.15) is 11.5 Å². The number of aryl methyl sites for hydroxylation is 1. The summed E-state index contributed by atoms with van der Waals surface area (Å²) in [7, 11) is 5.16. The zero-order valence-corrected chi connectivity index (χ0v) is 19.2. The number of likely N-dealkylation sites (N-methyl/N-ethyl adjacent to an activating group) is 1. The average Bonchev–Trinajstić information content (AvgIpc) is 2.77. The second kappa shape index (κ2) is 12.5. The number of amides is 1. The standard InChI is InChI=1S/C24H34N4O3/c1-6-12-30-22-13-18(2)10-11-20(22)16-27-24(25-3)26-15-19-8-7-9-21(14-19)31-17-23(29)28(4)5/h7-11,13-14H,6,12,15-17H2,1-5H3,(H2,25,26,27). The molecule has 2 rings (SSSR count). The van der Waals surface area contributed by atoms with Gasteiger partial charge in [-0.3, -0.25) is 9.79 Å². The van der Waals surface area contributed by atoms with Crippen LogP contribution in [-0.4, -0.2) is 51.1 Å². The molecule has 0 radical (unpaired) electrons. The zero-order valence-electron chi connectivity index (χ0n) is 19.2. The number of benzene rings is 2. The van der Waals surface area contributed by atoms with Crippen molar-refractivity contribution in [2.24, 2.45) is 4.99 Å². The van der Waals surface area contributed by atoms with Crippen molar-refractivity contribution in [3.63, 3.8) is 0 Å². The number of nitrogens with zero attached hydrogens (tertiary/aromatic N) is 2. The smallest absolute Gasteiger partial charge is 0.259 e. The van der Waals surface area contributed by atoms with Crippen molar-refractivity contribution in [3.8, 4) is 11.5 Å². The third-order valence-corrected chi connectivity index (χ3v) is 4.57. The van der Waals surface area contributed by atoms with Gasteiger partial charge in [-0.25, -0.2) is 0 Å². The van der Waals surface area contributed by atoms with Gasteiger partial charge in [-0.15, -0.1) is 0 Å². The molecule has 2 aromatic carbocycles. The fourth-order valence-electron chi connectivity index (χ4n) is 2.76. The first-order valence-corrected chi connectivity index (χ1v) is 10.5. The highest BCUT2D eigenvalue weighted by Crippen LogP contribution is 2.20. The third-order valence-electron chi connectivity index (χ3n) is 4.57. The molecule has 1 amide bonds. The lowest BCUT2D eigenvalue weighted by molar-refractivity contribution is -0.130. The number of hydrogen-bond donors (Lipinski definition) is 2. The minimum atomic E-state index is -0.0773. The van der Waals surface area contributed by atoms with E-state index in [0.29, 0.717) is 31.4 Å². The molecule has 0 bridgehead atoms. The summed E-state index contributed by atoms with van der Waals surface area (Å²) >= 11 is 0. The first kappa shape index (κ1) is 24.1. The second-order valence-corrected chi connectivity index (χ2v) is 7.46. The molecule has 0 saturated carbocycles. The molecule has 0 heterocycles. The molecular formula is C24H34N4O3. The summed E-state index contributed by atoms with van der Waals surface area (Å²) in [5.74, 6) is 2.18. The molecular weight excluding hydrogens is 392 g/mol. The van der Waals surface area contributed by atoms with Gasteiger partial charge < -0.3 is 25.0 Å². The summed E-state index contributed by atoms with van der Waals surface area (Å²) in [5, 5.41) is 6.64. The summed E-state index contributed by atoms with van der Waals surface area (Å²) in [6.45, 7) is 6.05. The number of guanidine groups is 1. The predicted molar refractivity (Wildman–Crippen MR) is 125 cm³/mol. The van der Waals surface area contributed by atoms with Crippen LogP contribution >= 0.6 is 0 Å². The molecule has 0 atom stereocenters. The van der Waals surface area contributed by atoms with Crippen molar-refractivity contribution >= 4 is 11.9 Å². The van der Waals surface area contributed by atoms with Crippen LogP contribution in [0.4, 0.5) is 0 Å². The lowest BCUT2D eigenvalue weighted by Crippen LogP contribution is -2.36. The van der Waals surface area contributed by atoms with Crippen molar-refractivity contribution in [1.29, 1.82) is 0 Å². The van der Waals surface area contributed by atoms with Crippen molar-refractivity contribution in [2.45, 2.75) is 33.4 Å². The number of ether oxygens (including phenoxy) is 2. The molecule has 0 fully saturated rings. The Hall–Kier alpha value is -3.22. The van der Waals surface area contributed by atoms with Crippen LogP contribution in [0.2, 0.25) is 0 Å². The van der Waals surface area contributed by atoms with Crippen LogP contribution in [-0.2, 0) is 17.9 Å². The zero-order chi connectivity index (χ0) is 22.6. The summed E-state index contributed by atoms with van der Waals surface area (Å²) < 4.78 is 11.5. The number of hydrogen-bond acceptors (Lipinski definition) is 4. The van der Waals surface area contributed by atoms with Crippen LogP contribution in [0, 0.1) is 6.92 Å². The lowest BCUT2D eigenvalue weighted by Gasteiger charge is -2.16. The van der Waals surface area contributed by atoms with Gasteiger partial charge in [0, 0.05) is 39.8 Å². The molecule has 0 aromatic heterocycles. The largest absolute Gasteiger partial charge is 0.493 e. The van der Waals surface area contributed by atoms with E-state index in [0.717, 1.165) is 23.3 Å². The summed E-state index contributed by atoms with van der Waals surface area (Å²) in [6.07, 6.45) is 0.968. The van der Waals surface area contributed by atoms with Crippen molar-refractivity contribution < 1.29 is 14.3 Å². The monoisotopic (exact) mass is 426 g/mol.